The van der Waals surface area contributed by atoms with Gasteiger partial charge in [0.15, 0.2) is 5.96 Å². The van der Waals surface area contributed by atoms with Crippen LogP contribution >= 0.6 is 11.3 Å². The number of hydrogen-bond acceptors (Lipinski definition) is 6. The summed E-state index contributed by atoms with van der Waals surface area (Å²) in [7, 11) is 3.65. The van der Waals surface area contributed by atoms with Crippen LogP contribution < -0.4 is 14.8 Å². The van der Waals surface area contributed by atoms with Crippen LogP contribution in [0.2, 0.25) is 0 Å². The van der Waals surface area contributed by atoms with Crippen molar-refractivity contribution in [1.29, 1.82) is 0 Å². The van der Waals surface area contributed by atoms with Gasteiger partial charge >= 0.3 is 0 Å². The van der Waals surface area contributed by atoms with Gasteiger partial charge in [0.05, 0.1) is 30.9 Å². The molecule has 3 aromatic rings. The minimum absolute atomic E-state index is 0.526. The molecule has 0 fully saturated rings. The van der Waals surface area contributed by atoms with Crippen LogP contribution in [0.15, 0.2) is 53.0 Å². The van der Waals surface area contributed by atoms with Gasteiger partial charge in [0.2, 0.25) is 5.88 Å². The van der Waals surface area contributed by atoms with E-state index in [9.17, 15) is 0 Å². The highest BCUT2D eigenvalue weighted by Gasteiger charge is 2.09. The van der Waals surface area contributed by atoms with Gasteiger partial charge in [0.25, 0.3) is 0 Å². The maximum atomic E-state index is 5.77. The Bertz CT molecular complexity index is 954. The van der Waals surface area contributed by atoms with Crippen LogP contribution in [-0.2, 0) is 13.1 Å². The Hall–Kier alpha value is -3.13. The molecule has 0 atom stereocenters. The first-order chi connectivity index (χ1) is 14.6. The van der Waals surface area contributed by atoms with E-state index in [2.05, 4.69) is 32.5 Å². The van der Waals surface area contributed by atoms with E-state index in [1.54, 1.807) is 24.6 Å². The molecule has 0 saturated carbocycles. The number of thiazole rings is 1. The number of ether oxygens (including phenoxy) is 2. The van der Waals surface area contributed by atoms with Crippen molar-refractivity contribution in [3.05, 3.63) is 64.2 Å². The fourth-order valence-electron chi connectivity index (χ4n) is 2.76. The summed E-state index contributed by atoms with van der Waals surface area (Å²) in [6, 6.07) is 11.2. The second-order valence-electron chi connectivity index (χ2n) is 6.67. The average Bonchev–Trinajstić information content (AvgIpc) is 3.17. The molecule has 0 aliphatic heterocycles. The third-order valence-corrected chi connectivity index (χ3v) is 5.08. The number of nitrogens with one attached hydrogen (secondary N) is 1. The number of rotatable bonds is 8. The van der Waals surface area contributed by atoms with E-state index in [0.29, 0.717) is 24.7 Å². The lowest BCUT2D eigenvalue weighted by atomic mass is 10.3. The SMILES string of the molecule is CCNC(=NCc1ccc(Oc2ccc(OC)cc2)nc1)N(C)Cc1csc(C)n1. The highest BCUT2D eigenvalue weighted by molar-refractivity contribution is 7.09. The standard InChI is InChI=1S/C22H27N5O2S/c1-5-23-22(27(3)14-18-15-30-16(2)26-18)25-13-17-6-11-21(24-12-17)29-20-9-7-19(28-4)8-10-20/h6-12,15H,5,13-14H2,1-4H3,(H,23,25). The van der Waals surface area contributed by atoms with Crippen molar-refractivity contribution in [3.63, 3.8) is 0 Å². The molecule has 3 rings (SSSR count). The van der Waals surface area contributed by atoms with E-state index in [1.807, 2.05) is 50.4 Å². The molecular weight excluding hydrogens is 398 g/mol. The first-order valence-corrected chi connectivity index (χ1v) is 10.6. The van der Waals surface area contributed by atoms with Crippen LogP contribution in [0.25, 0.3) is 0 Å². The lowest BCUT2D eigenvalue weighted by molar-refractivity contribution is 0.412. The summed E-state index contributed by atoms with van der Waals surface area (Å²) < 4.78 is 10.9. The van der Waals surface area contributed by atoms with Crippen LogP contribution in [0.1, 0.15) is 23.2 Å². The summed E-state index contributed by atoms with van der Waals surface area (Å²) >= 11 is 1.66. The summed E-state index contributed by atoms with van der Waals surface area (Å²) in [5, 5.41) is 6.49. The second kappa shape index (κ2) is 10.6. The van der Waals surface area contributed by atoms with E-state index < -0.39 is 0 Å². The van der Waals surface area contributed by atoms with Crippen molar-refractivity contribution in [2.45, 2.75) is 26.9 Å². The zero-order valence-electron chi connectivity index (χ0n) is 17.8. The smallest absolute Gasteiger partial charge is 0.219 e. The lowest BCUT2D eigenvalue weighted by Crippen LogP contribution is -2.38. The third-order valence-electron chi connectivity index (χ3n) is 4.25. The molecule has 8 heteroatoms. The van der Waals surface area contributed by atoms with Crippen molar-refractivity contribution in [2.24, 2.45) is 4.99 Å². The molecule has 7 nitrogen and oxygen atoms in total. The van der Waals surface area contributed by atoms with E-state index in [0.717, 1.165) is 34.5 Å². The largest absolute Gasteiger partial charge is 0.497 e. The number of benzene rings is 1. The second-order valence-corrected chi connectivity index (χ2v) is 7.73. The monoisotopic (exact) mass is 425 g/mol. The number of methoxy groups -OCH3 is 1. The van der Waals surface area contributed by atoms with Gasteiger partial charge in [0.1, 0.15) is 11.5 Å². The van der Waals surface area contributed by atoms with Crippen molar-refractivity contribution >= 4 is 17.3 Å². The van der Waals surface area contributed by atoms with Crippen molar-refractivity contribution < 1.29 is 9.47 Å². The molecule has 0 radical (unpaired) electrons. The van der Waals surface area contributed by atoms with E-state index in [1.165, 1.54) is 0 Å². The van der Waals surface area contributed by atoms with Gasteiger partial charge in [-0.25, -0.2) is 15.0 Å². The molecule has 2 aromatic heterocycles. The summed E-state index contributed by atoms with van der Waals surface area (Å²) in [4.78, 5) is 15.7. The molecule has 0 aliphatic rings. The molecule has 0 amide bonds. The molecular formula is C22H27N5O2S. The maximum Gasteiger partial charge on any atom is 0.219 e. The Morgan fingerprint density at radius 2 is 1.93 bits per heavy atom. The topological polar surface area (TPSA) is 71.9 Å². The van der Waals surface area contributed by atoms with Crippen LogP contribution in [0.4, 0.5) is 0 Å². The normalized spacial score (nSPS) is 11.3. The van der Waals surface area contributed by atoms with Crippen LogP contribution in [0, 0.1) is 6.92 Å². The Balaban J connectivity index is 1.60. The van der Waals surface area contributed by atoms with Crippen molar-refractivity contribution in [3.8, 4) is 17.4 Å². The number of nitrogens with zero attached hydrogens (tertiary/aromatic N) is 4. The zero-order chi connectivity index (χ0) is 21.3. The number of guanidine groups is 1. The number of aromatic nitrogens is 2. The molecule has 1 N–H and O–H groups in total. The molecule has 0 bridgehead atoms. The Labute approximate surface area is 181 Å². The van der Waals surface area contributed by atoms with Gasteiger partial charge in [-0.3, -0.25) is 0 Å². The van der Waals surface area contributed by atoms with E-state index in [-0.39, 0.29) is 0 Å². The molecule has 2 heterocycles. The van der Waals surface area contributed by atoms with Crippen molar-refractivity contribution in [1.82, 2.24) is 20.2 Å². The van der Waals surface area contributed by atoms with Gasteiger partial charge in [-0.05, 0) is 43.7 Å². The number of aliphatic imine (C=N–C) groups is 1. The average molecular weight is 426 g/mol. The van der Waals surface area contributed by atoms with Gasteiger partial charge < -0.3 is 19.7 Å². The molecule has 0 aliphatic carbocycles. The van der Waals surface area contributed by atoms with Gasteiger partial charge in [-0.2, -0.15) is 0 Å². The predicted molar refractivity (Wildman–Crippen MR) is 120 cm³/mol. The summed E-state index contributed by atoms with van der Waals surface area (Å²) in [6.07, 6.45) is 1.79. The molecule has 0 saturated heterocycles. The van der Waals surface area contributed by atoms with Crippen LogP contribution in [0.5, 0.6) is 17.4 Å². The molecule has 1 aromatic carbocycles. The highest BCUT2D eigenvalue weighted by Crippen LogP contribution is 2.22. The number of aryl methyl sites for hydroxylation is 1. The van der Waals surface area contributed by atoms with Crippen LogP contribution in [0.3, 0.4) is 0 Å². The minimum Gasteiger partial charge on any atom is -0.497 e. The Morgan fingerprint density at radius 1 is 1.17 bits per heavy atom. The van der Waals surface area contributed by atoms with Gasteiger partial charge in [-0.15, -0.1) is 11.3 Å². The zero-order valence-corrected chi connectivity index (χ0v) is 18.6. The van der Waals surface area contributed by atoms with E-state index >= 15 is 0 Å². The third kappa shape index (κ3) is 6.18. The minimum atomic E-state index is 0.526. The molecule has 30 heavy (non-hydrogen) atoms. The summed E-state index contributed by atoms with van der Waals surface area (Å²) in [6.45, 7) is 6.11. The molecule has 0 unspecified atom stereocenters. The number of pyridine rings is 1. The summed E-state index contributed by atoms with van der Waals surface area (Å²) in [5.41, 5.74) is 2.05. The fourth-order valence-corrected chi connectivity index (χ4v) is 3.37. The molecule has 158 valence electrons. The first kappa shape index (κ1) is 21.6. The lowest BCUT2D eigenvalue weighted by Gasteiger charge is -2.21. The van der Waals surface area contributed by atoms with Crippen LogP contribution in [-0.4, -0.2) is 41.5 Å². The molecule has 0 spiro atoms. The van der Waals surface area contributed by atoms with Crippen molar-refractivity contribution in [2.75, 3.05) is 20.7 Å². The fraction of sp³-hybridized carbons (Fsp3) is 0.318. The maximum absolute atomic E-state index is 5.77. The Kier molecular flexibility index (Phi) is 7.62. The quantitative estimate of drug-likeness (QED) is 0.430. The predicted octanol–water partition coefficient (Wildman–Crippen LogP) is 4.24. The summed E-state index contributed by atoms with van der Waals surface area (Å²) in [5.74, 6) is 2.87. The first-order valence-electron chi connectivity index (χ1n) is 9.74. The highest BCUT2D eigenvalue weighted by atomic mass is 32.1. The van der Waals surface area contributed by atoms with Gasteiger partial charge in [0, 0.05) is 31.2 Å². The number of hydrogen-bond donors (Lipinski definition) is 1. The van der Waals surface area contributed by atoms with E-state index in [4.69, 9.17) is 14.5 Å². The Morgan fingerprint density at radius 3 is 2.53 bits per heavy atom. The van der Waals surface area contributed by atoms with Gasteiger partial charge in [-0.1, -0.05) is 6.07 Å².